The maximum atomic E-state index is 11.1. The van der Waals surface area contributed by atoms with Crippen LogP contribution in [0.5, 0.6) is 0 Å². The number of hydrogen-bond donors (Lipinski definition) is 2. The number of anilines is 2. The van der Waals surface area contributed by atoms with Gasteiger partial charge >= 0.3 is 0 Å². The molecule has 1 aromatic heterocycles. The van der Waals surface area contributed by atoms with Crippen LogP contribution < -0.4 is 16.4 Å². The van der Waals surface area contributed by atoms with Gasteiger partial charge in [0, 0.05) is 6.54 Å². The maximum Gasteiger partial charge on any atom is 0.267 e. The van der Waals surface area contributed by atoms with Crippen molar-refractivity contribution in [2.75, 3.05) is 30.3 Å². The van der Waals surface area contributed by atoms with Crippen molar-refractivity contribution in [2.24, 2.45) is 5.73 Å². The van der Waals surface area contributed by atoms with Crippen LogP contribution >= 0.6 is 0 Å². The lowest BCUT2D eigenvalue weighted by Crippen LogP contribution is -2.42. The zero-order chi connectivity index (χ0) is 13.1. The summed E-state index contributed by atoms with van der Waals surface area (Å²) in [7, 11) is 0. The largest absolute Gasteiger partial charge is 0.396 e. The van der Waals surface area contributed by atoms with E-state index in [1.165, 1.54) is 6.07 Å². The molecule has 1 aliphatic rings. The van der Waals surface area contributed by atoms with Crippen molar-refractivity contribution >= 4 is 17.4 Å². The van der Waals surface area contributed by atoms with Crippen LogP contribution in [-0.2, 0) is 4.74 Å². The molecule has 0 aromatic carbocycles. The van der Waals surface area contributed by atoms with Crippen molar-refractivity contribution in [1.29, 1.82) is 5.26 Å². The van der Waals surface area contributed by atoms with E-state index in [9.17, 15) is 4.79 Å². The molecule has 1 saturated heterocycles. The first kappa shape index (κ1) is 12.1. The number of carbonyl (C=O) groups is 1. The Morgan fingerprint density at radius 1 is 1.61 bits per heavy atom. The van der Waals surface area contributed by atoms with Crippen LogP contribution in [0.15, 0.2) is 12.1 Å². The van der Waals surface area contributed by atoms with Crippen molar-refractivity contribution in [3.8, 4) is 6.07 Å². The summed E-state index contributed by atoms with van der Waals surface area (Å²) in [6, 6.07) is 5.09. The average Bonchev–Trinajstić information content (AvgIpc) is 2.39. The van der Waals surface area contributed by atoms with E-state index >= 15 is 0 Å². The van der Waals surface area contributed by atoms with Crippen LogP contribution in [0.1, 0.15) is 10.5 Å². The van der Waals surface area contributed by atoms with E-state index in [4.69, 9.17) is 21.5 Å². The molecule has 1 aromatic rings. The second-order valence-electron chi connectivity index (χ2n) is 3.91. The van der Waals surface area contributed by atoms with Gasteiger partial charge in [0.1, 0.15) is 5.69 Å². The topological polar surface area (TPSA) is 118 Å². The van der Waals surface area contributed by atoms with Gasteiger partial charge < -0.3 is 21.1 Å². The molecule has 1 unspecified atom stereocenters. The molecule has 0 aliphatic carbocycles. The van der Waals surface area contributed by atoms with E-state index in [1.54, 1.807) is 6.07 Å². The third kappa shape index (κ3) is 2.33. The summed E-state index contributed by atoms with van der Waals surface area (Å²) in [5.41, 5.74) is 11.6. The molecule has 0 spiro atoms. The van der Waals surface area contributed by atoms with Crippen LogP contribution in [0.4, 0.5) is 11.5 Å². The van der Waals surface area contributed by atoms with E-state index in [-0.39, 0.29) is 5.69 Å². The molecule has 1 atom stereocenters. The monoisotopic (exact) mass is 247 g/mol. The number of carbonyl (C=O) groups excluding carboxylic acids is 1. The normalized spacial score (nSPS) is 19.3. The lowest BCUT2D eigenvalue weighted by atomic mass is 10.2. The second kappa shape index (κ2) is 4.89. The van der Waals surface area contributed by atoms with Gasteiger partial charge in [-0.25, -0.2) is 4.98 Å². The van der Waals surface area contributed by atoms with E-state index in [0.717, 1.165) is 0 Å². The van der Waals surface area contributed by atoms with Gasteiger partial charge in [-0.3, -0.25) is 4.79 Å². The third-order valence-electron chi connectivity index (χ3n) is 2.67. The average molecular weight is 247 g/mol. The second-order valence-corrected chi connectivity index (χ2v) is 3.91. The van der Waals surface area contributed by atoms with Crippen molar-refractivity contribution in [1.82, 2.24) is 4.98 Å². The van der Waals surface area contributed by atoms with Crippen molar-refractivity contribution in [3.05, 3.63) is 17.8 Å². The molecule has 4 N–H and O–H groups in total. The fourth-order valence-corrected chi connectivity index (χ4v) is 1.77. The van der Waals surface area contributed by atoms with Crippen LogP contribution in [0, 0.1) is 11.3 Å². The Morgan fingerprint density at radius 2 is 2.39 bits per heavy atom. The molecule has 1 fully saturated rings. The first-order chi connectivity index (χ1) is 8.61. The fourth-order valence-electron chi connectivity index (χ4n) is 1.77. The van der Waals surface area contributed by atoms with Gasteiger partial charge in [-0.05, 0) is 12.1 Å². The summed E-state index contributed by atoms with van der Waals surface area (Å²) in [6.45, 7) is 1.35. The van der Waals surface area contributed by atoms with Crippen molar-refractivity contribution < 1.29 is 9.53 Å². The van der Waals surface area contributed by atoms with E-state index in [0.29, 0.717) is 31.2 Å². The highest BCUT2D eigenvalue weighted by Crippen LogP contribution is 2.22. The molecule has 0 radical (unpaired) electrons. The van der Waals surface area contributed by atoms with Crippen LogP contribution in [0.2, 0.25) is 0 Å². The van der Waals surface area contributed by atoms with Crippen molar-refractivity contribution in [3.63, 3.8) is 0 Å². The maximum absolute atomic E-state index is 11.1. The Hall–Kier alpha value is -2.33. The minimum Gasteiger partial charge on any atom is -0.396 e. The van der Waals surface area contributed by atoms with Gasteiger partial charge in [-0.2, -0.15) is 5.26 Å². The molecular weight excluding hydrogens is 234 g/mol. The smallest absolute Gasteiger partial charge is 0.267 e. The van der Waals surface area contributed by atoms with Gasteiger partial charge in [0.05, 0.1) is 24.9 Å². The SMILES string of the molecule is N#CC1CN(c2nc(C(N)=O)ccc2N)CCO1. The number of morpholine rings is 1. The van der Waals surface area contributed by atoms with Gasteiger partial charge in [0.25, 0.3) is 5.91 Å². The number of primary amides is 1. The number of hydrogen-bond acceptors (Lipinski definition) is 6. The highest BCUT2D eigenvalue weighted by atomic mass is 16.5. The first-order valence-corrected chi connectivity index (χ1v) is 5.44. The number of aromatic nitrogens is 1. The summed E-state index contributed by atoms with van der Waals surface area (Å²) in [5.74, 6) is -0.142. The van der Waals surface area contributed by atoms with Crippen LogP contribution in [0.25, 0.3) is 0 Å². The number of nitrogens with zero attached hydrogens (tertiary/aromatic N) is 3. The molecule has 0 saturated carbocycles. The van der Waals surface area contributed by atoms with Gasteiger partial charge in [-0.15, -0.1) is 0 Å². The summed E-state index contributed by atoms with van der Waals surface area (Å²) in [4.78, 5) is 17.0. The Morgan fingerprint density at radius 3 is 3.06 bits per heavy atom. The molecule has 7 heteroatoms. The molecule has 1 aliphatic heterocycles. The molecule has 7 nitrogen and oxygen atoms in total. The molecule has 0 bridgehead atoms. The number of rotatable bonds is 2. The summed E-state index contributed by atoms with van der Waals surface area (Å²) in [5, 5.41) is 8.84. The number of nitriles is 1. The Kier molecular flexibility index (Phi) is 3.30. The predicted molar refractivity (Wildman–Crippen MR) is 64.7 cm³/mol. The molecule has 2 heterocycles. The zero-order valence-corrected chi connectivity index (χ0v) is 9.67. The summed E-state index contributed by atoms with van der Waals surface area (Å²) in [6.07, 6.45) is -0.516. The van der Waals surface area contributed by atoms with Crippen LogP contribution in [-0.4, -0.2) is 36.7 Å². The van der Waals surface area contributed by atoms with Crippen LogP contribution in [0.3, 0.4) is 0 Å². The Balaban J connectivity index is 2.29. The summed E-state index contributed by atoms with van der Waals surface area (Å²) >= 11 is 0. The molecule has 94 valence electrons. The highest BCUT2D eigenvalue weighted by Gasteiger charge is 2.23. The molecule has 2 rings (SSSR count). The molecule has 18 heavy (non-hydrogen) atoms. The lowest BCUT2D eigenvalue weighted by Gasteiger charge is -2.31. The van der Waals surface area contributed by atoms with Gasteiger partial charge in [-0.1, -0.05) is 0 Å². The van der Waals surface area contributed by atoms with Crippen molar-refractivity contribution in [2.45, 2.75) is 6.10 Å². The predicted octanol–water partition coefficient (Wildman–Crippen LogP) is -0.509. The Bertz CT molecular complexity index is 511. The third-order valence-corrected chi connectivity index (χ3v) is 2.67. The number of nitrogen functional groups attached to an aromatic ring is 1. The number of ether oxygens (including phenoxy) is 1. The minimum atomic E-state index is -0.610. The quantitative estimate of drug-likeness (QED) is 0.726. The van der Waals surface area contributed by atoms with Gasteiger partial charge in [0.2, 0.25) is 0 Å². The fraction of sp³-hybridized carbons (Fsp3) is 0.364. The lowest BCUT2D eigenvalue weighted by molar-refractivity contribution is 0.0762. The van der Waals surface area contributed by atoms with E-state index < -0.39 is 12.0 Å². The van der Waals surface area contributed by atoms with E-state index in [1.807, 2.05) is 11.0 Å². The standard InChI is InChI=1S/C11H13N5O2/c12-5-7-6-16(3-4-18-7)11-8(13)1-2-9(15-11)10(14)17/h1-2,7H,3-4,6,13H2,(H2,14,17). The summed E-state index contributed by atoms with van der Waals surface area (Å²) < 4.78 is 5.23. The number of amides is 1. The van der Waals surface area contributed by atoms with Gasteiger partial charge in [0.15, 0.2) is 11.9 Å². The highest BCUT2D eigenvalue weighted by molar-refractivity contribution is 5.91. The molecular formula is C11H13N5O2. The number of pyridine rings is 1. The Labute approximate surface area is 104 Å². The zero-order valence-electron chi connectivity index (χ0n) is 9.67. The number of nitrogens with two attached hydrogens (primary N) is 2. The molecule has 1 amide bonds. The minimum absolute atomic E-state index is 0.152. The first-order valence-electron chi connectivity index (χ1n) is 5.44. The van der Waals surface area contributed by atoms with E-state index in [2.05, 4.69) is 4.98 Å².